The van der Waals surface area contributed by atoms with E-state index in [1.54, 1.807) is 11.3 Å². The van der Waals surface area contributed by atoms with E-state index < -0.39 is 0 Å². The summed E-state index contributed by atoms with van der Waals surface area (Å²) in [5.74, 6) is 0.206. The number of piperidine rings is 1. The Kier molecular flexibility index (Phi) is 4.31. The van der Waals surface area contributed by atoms with Crippen LogP contribution in [0.1, 0.15) is 43.5 Å². The highest BCUT2D eigenvalue weighted by molar-refractivity contribution is 7.18. The van der Waals surface area contributed by atoms with Crippen molar-refractivity contribution in [2.24, 2.45) is 0 Å². The summed E-state index contributed by atoms with van der Waals surface area (Å²) >= 11 is 1.74. The Morgan fingerprint density at radius 3 is 2.83 bits per heavy atom. The van der Waals surface area contributed by atoms with E-state index in [9.17, 15) is 4.79 Å². The van der Waals surface area contributed by atoms with Crippen molar-refractivity contribution in [1.82, 2.24) is 15.6 Å². The number of hydrogen-bond acceptors (Lipinski definition) is 4. The average molecular weight is 329 g/mol. The number of para-hydroxylation sites is 1. The first-order valence-electron chi connectivity index (χ1n) is 8.66. The molecule has 5 heteroatoms. The number of thiazole rings is 1. The van der Waals surface area contributed by atoms with E-state index in [-0.39, 0.29) is 5.91 Å². The Labute approximate surface area is 140 Å². The molecule has 2 N–H and O–H groups in total. The van der Waals surface area contributed by atoms with E-state index in [1.807, 2.05) is 18.2 Å². The second kappa shape index (κ2) is 6.57. The molecule has 1 amide bonds. The number of carbonyl (C=O) groups excluding carboxylic acids is 1. The first kappa shape index (κ1) is 15.1. The van der Waals surface area contributed by atoms with Gasteiger partial charge in [-0.2, -0.15) is 0 Å². The number of benzene rings is 1. The largest absolute Gasteiger partial charge is 0.353 e. The number of hydrogen-bond donors (Lipinski definition) is 2. The Morgan fingerprint density at radius 2 is 2.04 bits per heavy atom. The third-order valence-electron chi connectivity index (χ3n) is 4.97. The number of rotatable bonds is 5. The van der Waals surface area contributed by atoms with Gasteiger partial charge in [0, 0.05) is 24.5 Å². The van der Waals surface area contributed by atoms with Crippen LogP contribution in [0.15, 0.2) is 24.3 Å². The van der Waals surface area contributed by atoms with Gasteiger partial charge < -0.3 is 10.6 Å². The minimum Gasteiger partial charge on any atom is -0.353 e. The predicted octanol–water partition coefficient (Wildman–Crippen LogP) is 3.02. The van der Waals surface area contributed by atoms with Gasteiger partial charge in [-0.1, -0.05) is 12.1 Å². The van der Waals surface area contributed by atoms with Gasteiger partial charge >= 0.3 is 0 Å². The summed E-state index contributed by atoms with van der Waals surface area (Å²) in [6, 6.07) is 9.85. The standard InChI is InChI=1S/C18H23N3OS/c22-17(20-14-10-12-8-9-13(11-14)19-12)6-3-7-18-21-15-4-1-2-5-16(15)23-18/h1-2,4-5,12-14,19H,3,6-11H2,(H,20,22). The molecule has 0 aliphatic carbocycles. The number of aryl methyl sites for hydroxylation is 1. The highest BCUT2D eigenvalue weighted by atomic mass is 32.1. The van der Waals surface area contributed by atoms with Crippen LogP contribution >= 0.6 is 11.3 Å². The zero-order valence-electron chi connectivity index (χ0n) is 13.3. The van der Waals surface area contributed by atoms with E-state index >= 15 is 0 Å². The number of aromatic nitrogens is 1. The number of nitrogens with one attached hydrogen (secondary N) is 2. The van der Waals surface area contributed by atoms with Crippen LogP contribution in [0.2, 0.25) is 0 Å². The summed E-state index contributed by atoms with van der Waals surface area (Å²) in [5.41, 5.74) is 1.07. The van der Waals surface area contributed by atoms with E-state index in [0.717, 1.165) is 36.2 Å². The lowest BCUT2D eigenvalue weighted by Crippen LogP contribution is -2.48. The first-order chi connectivity index (χ1) is 11.3. The van der Waals surface area contributed by atoms with Crippen LogP contribution in [0.4, 0.5) is 0 Å². The molecule has 1 aromatic heterocycles. The zero-order valence-corrected chi connectivity index (χ0v) is 14.1. The summed E-state index contributed by atoms with van der Waals surface area (Å²) in [7, 11) is 0. The predicted molar refractivity (Wildman–Crippen MR) is 93.7 cm³/mol. The van der Waals surface area contributed by atoms with Crippen molar-refractivity contribution in [3.8, 4) is 0 Å². The molecule has 4 nitrogen and oxygen atoms in total. The second-order valence-electron chi connectivity index (χ2n) is 6.80. The minimum atomic E-state index is 0.206. The van der Waals surface area contributed by atoms with Crippen molar-refractivity contribution in [3.63, 3.8) is 0 Å². The maximum Gasteiger partial charge on any atom is 0.220 e. The van der Waals surface area contributed by atoms with Crippen LogP contribution in [0.5, 0.6) is 0 Å². The van der Waals surface area contributed by atoms with Gasteiger partial charge in [-0.3, -0.25) is 4.79 Å². The Balaban J connectivity index is 1.23. The van der Waals surface area contributed by atoms with Crippen LogP contribution in [-0.4, -0.2) is 29.0 Å². The van der Waals surface area contributed by atoms with Crippen molar-refractivity contribution in [1.29, 1.82) is 0 Å². The fourth-order valence-electron chi connectivity index (χ4n) is 3.90. The smallest absolute Gasteiger partial charge is 0.220 e. The maximum absolute atomic E-state index is 12.2. The topological polar surface area (TPSA) is 54.0 Å². The molecular formula is C18H23N3OS. The van der Waals surface area contributed by atoms with Crippen LogP contribution in [0, 0.1) is 0 Å². The normalized spacial score (nSPS) is 26.5. The van der Waals surface area contributed by atoms with Crippen LogP contribution < -0.4 is 10.6 Å². The summed E-state index contributed by atoms with van der Waals surface area (Å²) in [5, 5.41) is 7.99. The van der Waals surface area contributed by atoms with Gasteiger partial charge in [0.2, 0.25) is 5.91 Å². The second-order valence-corrected chi connectivity index (χ2v) is 7.92. The molecule has 2 fully saturated rings. The molecule has 2 saturated heterocycles. The quantitative estimate of drug-likeness (QED) is 0.886. The molecule has 0 spiro atoms. The Hall–Kier alpha value is -1.46. The lowest BCUT2D eigenvalue weighted by Gasteiger charge is -2.29. The van der Waals surface area contributed by atoms with Crippen molar-refractivity contribution in [2.75, 3.05) is 0 Å². The number of amides is 1. The van der Waals surface area contributed by atoms with E-state index in [0.29, 0.717) is 24.5 Å². The molecule has 2 aromatic rings. The molecule has 23 heavy (non-hydrogen) atoms. The van der Waals surface area contributed by atoms with Gasteiger partial charge in [-0.05, 0) is 50.7 Å². The molecule has 122 valence electrons. The first-order valence-corrected chi connectivity index (χ1v) is 9.48. The third kappa shape index (κ3) is 3.56. The van der Waals surface area contributed by atoms with Gasteiger partial charge in [0.05, 0.1) is 15.2 Å². The van der Waals surface area contributed by atoms with E-state index in [1.165, 1.54) is 17.5 Å². The van der Waals surface area contributed by atoms with Gasteiger partial charge in [-0.15, -0.1) is 11.3 Å². The molecule has 0 radical (unpaired) electrons. The van der Waals surface area contributed by atoms with Crippen molar-refractivity contribution in [3.05, 3.63) is 29.3 Å². The fraction of sp³-hybridized carbons (Fsp3) is 0.556. The molecule has 2 unspecified atom stereocenters. The minimum absolute atomic E-state index is 0.206. The molecule has 2 atom stereocenters. The average Bonchev–Trinajstić information content (AvgIpc) is 3.09. The van der Waals surface area contributed by atoms with Gasteiger partial charge in [-0.25, -0.2) is 4.98 Å². The summed E-state index contributed by atoms with van der Waals surface area (Å²) < 4.78 is 1.23. The molecule has 0 saturated carbocycles. The molecular weight excluding hydrogens is 306 g/mol. The lowest BCUT2D eigenvalue weighted by atomic mass is 9.99. The molecule has 2 bridgehead atoms. The zero-order chi connectivity index (χ0) is 15.6. The van der Waals surface area contributed by atoms with E-state index in [2.05, 4.69) is 21.7 Å². The Morgan fingerprint density at radius 1 is 1.26 bits per heavy atom. The number of fused-ring (bicyclic) bond motifs is 3. The van der Waals surface area contributed by atoms with Gasteiger partial charge in [0.25, 0.3) is 0 Å². The molecule has 2 aliphatic heterocycles. The molecule has 2 aliphatic rings. The molecule has 4 rings (SSSR count). The molecule has 1 aromatic carbocycles. The maximum atomic E-state index is 12.2. The highest BCUT2D eigenvalue weighted by Crippen LogP contribution is 2.27. The van der Waals surface area contributed by atoms with E-state index in [4.69, 9.17) is 0 Å². The highest BCUT2D eigenvalue weighted by Gasteiger charge is 2.33. The van der Waals surface area contributed by atoms with Crippen molar-refractivity contribution in [2.45, 2.75) is 63.1 Å². The van der Waals surface area contributed by atoms with Crippen molar-refractivity contribution < 1.29 is 4.79 Å². The number of carbonyl (C=O) groups is 1. The number of nitrogens with zero attached hydrogens (tertiary/aromatic N) is 1. The monoisotopic (exact) mass is 329 g/mol. The Bertz CT molecular complexity index is 653. The van der Waals surface area contributed by atoms with Crippen LogP contribution in [0.25, 0.3) is 10.2 Å². The fourth-order valence-corrected chi connectivity index (χ4v) is 4.91. The van der Waals surface area contributed by atoms with Crippen LogP contribution in [-0.2, 0) is 11.2 Å². The van der Waals surface area contributed by atoms with Crippen LogP contribution in [0.3, 0.4) is 0 Å². The summed E-state index contributed by atoms with van der Waals surface area (Å²) in [6.45, 7) is 0. The molecule has 3 heterocycles. The summed E-state index contributed by atoms with van der Waals surface area (Å²) in [4.78, 5) is 16.8. The SMILES string of the molecule is O=C(CCCc1nc2ccccc2s1)NC1CC2CCC(C1)N2. The lowest BCUT2D eigenvalue weighted by molar-refractivity contribution is -0.122. The third-order valence-corrected chi connectivity index (χ3v) is 6.07. The summed E-state index contributed by atoms with van der Waals surface area (Å²) in [6.07, 6.45) is 7.12. The van der Waals surface area contributed by atoms with Gasteiger partial charge in [0.15, 0.2) is 0 Å². The van der Waals surface area contributed by atoms with Gasteiger partial charge in [0.1, 0.15) is 0 Å². The van der Waals surface area contributed by atoms with Crippen molar-refractivity contribution >= 4 is 27.5 Å².